The van der Waals surface area contributed by atoms with E-state index in [9.17, 15) is 0 Å². The molecule has 0 spiro atoms. The van der Waals surface area contributed by atoms with Gasteiger partial charge in [-0.15, -0.1) is 11.8 Å². The second-order valence-corrected chi connectivity index (χ2v) is 13.6. The van der Waals surface area contributed by atoms with Gasteiger partial charge in [0.15, 0.2) is 0 Å². The quantitative estimate of drug-likeness (QED) is 0.195. The molecule has 0 saturated heterocycles. The van der Waals surface area contributed by atoms with Crippen molar-refractivity contribution in [2.24, 2.45) is 0 Å². The van der Waals surface area contributed by atoms with Crippen LogP contribution in [0.3, 0.4) is 0 Å². The van der Waals surface area contributed by atoms with Crippen LogP contribution in [-0.4, -0.2) is 5.25 Å². The molecule has 0 N–H and O–H groups in total. The fraction of sp³-hybridized carbons (Fsp3) is 0.0455. The van der Waals surface area contributed by atoms with E-state index in [1.54, 1.807) is 0 Å². The highest BCUT2D eigenvalue weighted by molar-refractivity contribution is 8.00. The Hall–Kier alpha value is -5.51. The lowest BCUT2D eigenvalue weighted by Crippen LogP contribution is -2.24. The average Bonchev–Trinajstić information content (AvgIpc) is 3.71. The lowest BCUT2D eigenvalue weighted by Gasteiger charge is -2.35. The van der Waals surface area contributed by atoms with Gasteiger partial charge in [0.1, 0.15) is 11.2 Å². The van der Waals surface area contributed by atoms with Gasteiger partial charge in [0, 0.05) is 49.8 Å². The number of nitrogens with zero attached hydrogens (tertiary/aromatic N) is 1. The van der Waals surface area contributed by atoms with E-state index in [0.717, 1.165) is 33.3 Å². The van der Waals surface area contributed by atoms with Crippen LogP contribution in [0.2, 0.25) is 0 Å². The van der Waals surface area contributed by atoms with Crippen molar-refractivity contribution < 1.29 is 4.42 Å². The van der Waals surface area contributed by atoms with Gasteiger partial charge in [-0.2, -0.15) is 0 Å². The summed E-state index contributed by atoms with van der Waals surface area (Å²) in [4.78, 5) is 3.81. The molecule has 2 unspecified atom stereocenters. The first-order valence-corrected chi connectivity index (χ1v) is 17.0. The second kappa shape index (κ2) is 10.5. The molecule has 1 aromatic heterocycles. The van der Waals surface area contributed by atoms with Crippen LogP contribution in [0.1, 0.15) is 22.6 Å². The smallest absolute Gasteiger partial charge is 0.137 e. The van der Waals surface area contributed by atoms with Crippen LogP contribution in [0.4, 0.5) is 11.4 Å². The summed E-state index contributed by atoms with van der Waals surface area (Å²) in [5, 5.41) is 5.22. The lowest BCUT2D eigenvalue weighted by molar-refractivity contribution is 0.669. The number of benzene rings is 7. The predicted octanol–water partition coefficient (Wildman–Crippen LogP) is 12.2. The van der Waals surface area contributed by atoms with Gasteiger partial charge in [-0.3, -0.25) is 0 Å². The minimum atomic E-state index is 0.279. The third-order valence-corrected chi connectivity index (χ3v) is 11.1. The number of hydrogen-bond acceptors (Lipinski definition) is 3. The van der Waals surface area contributed by atoms with Crippen LogP contribution < -0.4 is 4.90 Å². The first kappa shape index (κ1) is 26.7. The Morgan fingerprint density at radius 3 is 2.13 bits per heavy atom. The van der Waals surface area contributed by atoms with E-state index >= 15 is 0 Å². The summed E-state index contributed by atoms with van der Waals surface area (Å²) in [6, 6.07) is 57.0. The van der Waals surface area contributed by atoms with Crippen molar-refractivity contribution in [1.29, 1.82) is 0 Å². The average molecular weight is 620 g/mol. The molecule has 8 aromatic rings. The van der Waals surface area contributed by atoms with Crippen molar-refractivity contribution in [3.8, 4) is 11.1 Å². The fourth-order valence-corrected chi connectivity index (χ4v) is 9.12. The number of fused-ring (bicyclic) bond motifs is 10. The Morgan fingerprint density at radius 1 is 0.532 bits per heavy atom. The zero-order chi connectivity index (χ0) is 30.9. The van der Waals surface area contributed by atoms with Gasteiger partial charge in [-0.25, -0.2) is 0 Å². The number of rotatable bonds is 4. The number of furan rings is 1. The van der Waals surface area contributed by atoms with E-state index in [0.29, 0.717) is 5.92 Å². The summed E-state index contributed by atoms with van der Waals surface area (Å²) in [7, 11) is 0. The first-order chi connectivity index (χ1) is 23.3. The molecule has 47 heavy (non-hydrogen) atoms. The molecule has 222 valence electrons. The van der Waals surface area contributed by atoms with Gasteiger partial charge in [0.05, 0.1) is 5.70 Å². The topological polar surface area (TPSA) is 16.4 Å². The van der Waals surface area contributed by atoms with E-state index in [1.807, 2.05) is 23.9 Å². The summed E-state index contributed by atoms with van der Waals surface area (Å²) in [6.07, 6.45) is 2.51. The van der Waals surface area contributed by atoms with Gasteiger partial charge >= 0.3 is 0 Å². The van der Waals surface area contributed by atoms with Crippen LogP contribution in [0.25, 0.3) is 49.5 Å². The summed E-state index contributed by atoms with van der Waals surface area (Å²) < 4.78 is 6.42. The SMILES string of the molecule is C1=C(N(c2ccc(-c3ccccc3)cc2)c2ccc3c(c2)oc2ccccc23)c2ccccc2C2c3c(ccc4ccccc34)SC12. The molecule has 1 aliphatic carbocycles. The molecule has 2 nitrogen and oxygen atoms in total. The maximum atomic E-state index is 6.42. The lowest BCUT2D eigenvalue weighted by atomic mass is 9.79. The van der Waals surface area contributed by atoms with E-state index < -0.39 is 0 Å². The zero-order valence-electron chi connectivity index (χ0n) is 25.5. The second-order valence-electron chi connectivity index (χ2n) is 12.4. The third-order valence-electron chi connectivity index (χ3n) is 9.82. The zero-order valence-corrected chi connectivity index (χ0v) is 26.3. The minimum absolute atomic E-state index is 0.279. The summed E-state index contributed by atoms with van der Waals surface area (Å²) in [5.74, 6) is 0.293. The van der Waals surface area contributed by atoms with Crippen molar-refractivity contribution in [2.45, 2.75) is 16.1 Å². The molecule has 2 atom stereocenters. The first-order valence-electron chi connectivity index (χ1n) is 16.2. The Kier molecular flexibility index (Phi) is 5.97. The molecule has 0 bridgehead atoms. The molecule has 0 saturated carbocycles. The normalized spacial score (nSPS) is 16.6. The summed E-state index contributed by atoms with van der Waals surface area (Å²) >= 11 is 1.99. The Labute approximate surface area is 277 Å². The summed E-state index contributed by atoms with van der Waals surface area (Å²) in [5.41, 5.74) is 11.7. The molecule has 0 fully saturated rings. The third kappa shape index (κ3) is 4.20. The van der Waals surface area contributed by atoms with Gasteiger partial charge in [0.25, 0.3) is 0 Å². The highest BCUT2D eigenvalue weighted by Gasteiger charge is 2.40. The molecule has 7 aromatic carbocycles. The standard InChI is InChI=1S/C44H29NOS/c1-2-10-28(11-3-1)29-18-21-31(22-19-29)45(32-23-24-36-35-15-8-9-17-39(35)46-40(36)26-32)38-27-42-44(37-16-7-6-14-34(37)38)43-33-13-5-4-12-30(33)20-25-41(43)47-42/h1-27,42,44H. The van der Waals surface area contributed by atoms with Gasteiger partial charge < -0.3 is 9.32 Å². The van der Waals surface area contributed by atoms with E-state index in [-0.39, 0.29) is 5.25 Å². The van der Waals surface area contributed by atoms with Crippen LogP contribution in [-0.2, 0) is 0 Å². The molecular formula is C44H29NOS. The van der Waals surface area contributed by atoms with Gasteiger partial charge in [-0.05, 0) is 75.5 Å². The molecule has 3 heteroatoms. The van der Waals surface area contributed by atoms with Gasteiger partial charge in [-0.1, -0.05) is 115 Å². The van der Waals surface area contributed by atoms with E-state index in [4.69, 9.17) is 4.42 Å². The fourth-order valence-electron chi connectivity index (χ4n) is 7.70. The van der Waals surface area contributed by atoms with Crippen molar-refractivity contribution in [3.63, 3.8) is 0 Å². The maximum absolute atomic E-state index is 6.42. The monoisotopic (exact) mass is 619 g/mol. The van der Waals surface area contributed by atoms with Crippen LogP contribution in [0, 0.1) is 0 Å². The highest BCUT2D eigenvalue weighted by Crippen LogP contribution is 2.56. The van der Waals surface area contributed by atoms with Gasteiger partial charge in [0.2, 0.25) is 0 Å². The van der Waals surface area contributed by atoms with E-state index in [2.05, 4.69) is 157 Å². The largest absolute Gasteiger partial charge is 0.456 e. The summed E-state index contributed by atoms with van der Waals surface area (Å²) in [6.45, 7) is 0. The number of para-hydroxylation sites is 1. The number of hydrogen-bond donors (Lipinski definition) is 0. The molecule has 2 heterocycles. The van der Waals surface area contributed by atoms with Crippen LogP contribution in [0.15, 0.2) is 173 Å². The molecule has 0 amide bonds. The van der Waals surface area contributed by atoms with Crippen molar-refractivity contribution in [3.05, 3.63) is 180 Å². The van der Waals surface area contributed by atoms with Crippen molar-refractivity contribution in [2.75, 3.05) is 4.90 Å². The Bertz CT molecular complexity index is 2510. The number of thioether (sulfide) groups is 1. The Morgan fingerprint density at radius 2 is 1.23 bits per heavy atom. The molecule has 1 aliphatic heterocycles. The molecule has 0 radical (unpaired) electrons. The molecular weight excluding hydrogens is 591 g/mol. The van der Waals surface area contributed by atoms with Crippen LogP contribution >= 0.6 is 11.8 Å². The molecule has 10 rings (SSSR count). The van der Waals surface area contributed by atoms with Crippen LogP contribution in [0.5, 0.6) is 0 Å². The minimum Gasteiger partial charge on any atom is -0.456 e. The predicted molar refractivity (Wildman–Crippen MR) is 198 cm³/mol. The Balaban J connectivity index is 1.17. The van der Waals surface area contributed by atoms with Crippen molar-refractivity contribution in [1.82, 2.24) is 0 Å². The molecule has 2 aliphatic rings. The number of anilines is 2. The van der Waals surface area contributed by atoms with Crippen molar-refractivity contribution >= 4 is 61.5 Å². The van der Waals surface area contributed by atoms with E-state index in [1.165, 1.54) is 49.2 Å². The highest BCUT2D eigenvalue weighted by atomic mass is 32.2. The maximum Gasteiger partial charge on any atom is 0.137 e.